The monoisotopic (exact) mass is 702 g/mol. The number of benzene rings is 9. The summed E-state index contributed by atoms with van der Waals surface area (Å²) < 4.78 is 9.40. The van der Waals surface area contributed by atoms with Crippen LogP contribution in [0.4, 0.5) is 17.1 Å². The second-order valence-corrected chi connectivity index (χ2v) is 14.1. The van der Waals surface area contributed by atoms with Gasteiger partial charge in [0, 0.05) is 44.2 Å². The largest absolute Gasteiger partial charge is 0.454 e. The Morgan fingerprint density at radius 1 is 0.418 bits per heavy atom. The third kappa shape index (κ3) is 5.05. The molecule has 258 valence electrons. The lowest BCUT2D eigenvalue weighted by Gasteiger charge is -2.26. The summed E-state index contributed by atoms with van der Waals surface area (Å²) in [6.45, 7) is 0. The fraction of sp³-hybridized carbons (Fsp3) is 0. The maximum Gasteiger partial charge on any atom is 0.159 e. The van der Waals surface area contributed by atoms with Crippen LogP contribution in [0.5, 0.6) is 0 Å². The number of nitrogens with zero attached hydrogens (tertiary/aromatic N) is 2. The smallest absolute Gasteiger partial charge is 0.159 e. The molecule has 3 nitrogen and oxygen atoms in total. The number of hydrogen-bond donors (Lipinski definition) is 0. The summed E-state index contributed by atoms with van der Waals surface area (Å²) in [7, 11) is 0. The van der Waals surface area contributed by atoms with Crippen LogP contribution < -0.4 is 4.90 Å². The lowest BCUT2D eigenvalue weighted by molar-refractivity contribution is 0.669. The topological polar surface area (TPSA) is 21.3 Å². The van der Waals surface area contributed by atoms with Crippen molar-refractivity contribution >= 4 is 71.6 Å². The molecule has 0 saturated heterocycles. The fourth-order valence-electron chi connectivity index (χ4n) is 8.49. The first-order chi connectivity index (χ1) is 27.3. The van der Waals surface area contributed by atoms with Gasteiger partial charge in [-0.1, -0.05) is 146 Å². The van der Waals surface area contributed by atoms with E-state index in [0.717, 1.165) is 55.8 Å². The number of para-hydroxylation sites is 4. The van der Waals surface area contributed by atoms with Gasteiger partial charge in [0.15, 0.2) is 5.58 Å². The first kappa shape index (κ1) is 31.2. The summed E-state index contributed by atoms with van der Waals surface area (Å²) in [5, 5.41) is 7.02. The molecule has 0 saturated carbocycles. The molecule has 0 radical (unpaired) electrons. The first-order valence-electron chi connectivity index (χ1n) is 18.8. The van der Waals surface area contributed by atoms with E-state index >= 15 is 0 Å². The predicted octanol–water partition coefficient (Wildman–Crippen LogP) is 14.6. The van der Waals surface area contributed by atoms with Crippen molar-refractivity contribution in [2.45, 2.75) is 0 Å². The highest BCUT2D eigenvalue weighted by Crippen LogP contribution is 2.48. The zero-order valence-corrected chi connectivity index (χ0v) is 29.9. The van der Waals surface area contributed by atoms with Crippen LogP contribution in [0.1, 0.15) is 0 Å². The standard InChI is InChI=1S/C52H34N2O/c1-4-15-35(16-5-1)36-27-30-41(31-28-36)53(39-18-6-2-7-19-39)48-34-38(33-46-50-42-22-11-10-17-37(42)29-32-49(50)55-52(46)48)43-24-14-25-45-44-23-12-13-26-47(44)54(51(43)45)40-20-8-3-9-21-40/h1-34H. The Hall–Kier alpha value is -7.36. The average Bonchev–Trinajstić information content (AvgIpc) is 3.82. The van der Waals surface area contributed by atoms with Gasteiger partial charge in [-0.25, -0.2) is 0 Å². The quantitative estimate of drug-likeness (QED) is 0.172. The van der Waals surface area contributed by atoms with Gasteiger partial charge in [0.2, 0.25) is 0 Å². The Balaban J connectivity index is 1.25. The highest BCUT2D eigenvalue weighted by molar-refractivity contribution is 6.22. The van der Waals surface area contributed by atoms with Crippen LogP contribution in [0.3, 0.4) is 0 Å². The van der Waals surface area contributed by atoms with Gasteiger partial charge in [-0.2, -0.15) is 0 Å². The van der Waals surface area contributed by atoms with Crippen LogP contribution in [0.25, 0.3) is 82.5 Å². The SMILES string of the molecule is c1ccc(-c2ccc(N(c3ccccc3)c3cc(-c4cccc5c6ccccc6n(-c6ccccc6)c45)cc4c3oc3ccc5ccccc5c34)cc2)cc1. The Morgan fingerprint density at radius 3 is 1.85 bits per heavy atom. The van der Waals surface area contributed by atoms with Crippen LogP contribution in [0, 0.1) is 0 Å². The van der Waals surface area contributed by atoms with Gasteiger partial charge in [0.05, 0.1) is 16.7 Å². The van der Waals surface area contributed by atoms with Gasteiger partial charge in [-0.3, -0.25) is 0 Å². The molecule has 3 heteroatoms. The average molecular weight is 703 g/mol. The van der Waals surface area contributed by atoms with Crippen molar-refractivity contribution in [3.63, 3.8) is 0 Å². The third-order valence-electron chi connectivity index (χ3n) is 10.9. The molecule has 0 N–H and O–H groups in total. The molecule has 0 bridgehead atoms. The highest BCUT2D eigenvalue weighted by Gasteiger charge is 2.24. The first-order valence-corrected chi connectivity index (χ1v) is 18.8. The molecule has 2 aromatic heterocycles. The number of anilines is 3. The summed E-state index contributed by atoms with van der Waals surface area (Å²) >= 11 is 0. The van der Waals surface area contributed by atoms with Crippen molar-refractivity contribution in [2.75, 3.05) is 4.90 Å². The van der Waals surface area contributed by atoms with Crippen LogP contribution in [0.2, 0.25) is 0 Å². The van der Waals surface area contributed by atoms with E-state index in [0.29, 0.717) is 0 Å². The molecular formula is C52H34N2O. The van der Waals surface area contributed by atoms with Crippen LogP contribution in [-0.4, -0.2) is 4.57 Å². The number of aromatic nitrogens is 1. The summed E-state index contributed by atoms with van der Waals surface area (Å²) in [5.74, 6) is 0. The molecule has 0 amide bonds. The Labute approximate surface area is 318 Å². The van der Waals surface area contributed by atoms with Gasteiger partial charge in [0.1, 0.15) is 5.58 Å². The van der Waals surface area contributed by atoms with Crippen LogP contribution in [-0.2, 0) is 0 Å². The molecule has 9 aromatic carbocycles. The molecule has 0 aliphatic rings. The Kier molecular flexibility index (Phi) is 7.17. The van der Waals surface area contributed by atoms with Crippen LogP contribution in [0.15, 0.2) is 211 Å². The third-order valence-corrected chi connectivity index (χ3v) is 10.9. The molecule has 0 spiro atoms. The molecular weight excluding hydrogens is 669 g/mol. The Bertz CT molecular complexity index is 3180. The van der Waals surface area contributed by atoms with Gasteiger partial charge in [0.25, 0.3) is 0 Å². The molecule has 0 unspecified atom stereocenters. The van der Waals surface area contributed by atoms with E-state index in [9.17, 15) is 0 Å². The van der Waals surface area contributed by atoms with Gasteiger partial charge in [-0.05, 0) is 88.1 Å². The van der Waals surface area contributed by atoms with Gasteiger partial charge < -0.3 is 13.9 Å². The van der Waals surface area contributed by atoms with Crippen molar-refractivity contribution in [2.24, 2.45) is 0 Å². The molecule has 2 heterocycles. The lowest BCUT2D eigenvalue weighted by Crippen LogP contribution is -2.10. The van der Waals surface area contributed by atoms with E-state index in [1.165, 1.54) is 43.7 Å². The lowest BCUT2D eigenvalue weighted by atomic mass is 9.96. The number of fused-ring (bicyclic) bond motifs is 8. The molecule has 0 aliphatic carbocycles. The second kappa shape index (κ2) is 12.6. The van der Waals surface area contributed by atoms with E-state index in [-0.39, 0.29) is 0 Å². The van der Waals surface area contributed by atoms with Gasteiger partial charge in [-0.15, -0.1) is 0 Å². The van der Waals surface area contributed by atoms with Gasteiger partial charge >= 0.3 is 0 Å². The Morgan fingerprint density at radius 2 is 1.05 bits per heavy atom. The van der Waals surface area contributed by atoms with E-state index < -0.39 is 0 Å². The van der Waals surface area contributed by atoms with Crippen molar-refractivity contribution in [1.82, 2.24) is 4.57 Å². The van der Waals surface area contributed by atoms with E-state index in [1.807, 2.05) is 0 Å². The molecule has 11 rings (SSSR count). The summed E-state index contributed by atoms with van der Waals surface area (Å²) in [4.78, 5) is 2.35. The molecule has 11 aromatic rings. The highest BCUT2D eigenvalue weighted by atomic mass is 16.3. The minimum absolute atomic E-state index is 0.849. The summed E-state index contributed by atoms with van der Waals surface area (Å²) in [6, 6.07) is 73.8. The number of rotatable bonds is 6. The summed E-state index contributed by atoms with van der Waals surface area (Å²) in [6.07, 6.45) is 0. The fourth-order valence-corrected chi connectivity index (χ4v) is 8.49. The molecule has 0 fully saturated rings. The van der Waals surface area contributed by atoms with Crippen LogP contribution >= 0.6 is 0 Å². The summed E-state index contributed by atoms with van der Waals surface area (Å²) in [5.41, 5.74) is 12.9. The zero-order valence-electron chi connectivity index (χ0n) is 29.9. The van der Waals surface area contributed by atoms with Crippen molar-refractivity contribution in [3.05, 3.63) is 206 Å². The van der Waals surface area contributed by atoms with E-state index in [4.69, 9.17) is 4.42 Å². The molecule has 0 atom stereocenters. The van der Waals surface area contributed by atoms with Crippen molar-refractivity contribution in [1.29, 1.82) is 0 Å². The van der Waals surface area contributed by atoms with Crippen molar-refractivity contribution < 1.29 is 4.42 Å². The number of hydrogen-bond acceptors (Lipinski definition) is 2. The second-order valence-electron chi connectivity index (χ2n) is 14.1. The maximum absolute atomic E-state index is 6.98. The minimum atomic E-state index is 0.849. The molecule has 55 heavy (non-hydrogen) atoms. The van der Waals surface area contributed by atoms with E-state index in [1.54, 1.807) is 0 Å². The predicted molar refractivity (Wildman–Crippen MR) is 231 cm³/mol. The van der Waals surface area contributed by atoms with Crippen molar-refractivity contribution in [3.8, 4) is 27.9 Å². The maximum atomic E-state index is 6.98. The normalized spacial score (nSPS) is 11.6. The zero-order chi connectivity index (χ0) is 36.3. The molecule has 0 aliphatic heterocycles. The number of furan rings is 1. The minimum Gasteiger partial charge on any atom is -0.454 e. The van der Waals surface area contributed by atoms with E-state index in [2.05, 4.69) is 216 Å².